The van der Waals surface area contributed by atoms with Crippen LogP contribution < -0.4 is 15.4 Å². The topological polar surface area (TPSA) is 33.3 Å². The van der Waals surface area contributed by atoms with E-state index in [0.717, 1.165) is 16.8 Å². The Bertz CT molecular complexity index is 396. The molecule has 3 nitrogen and oxygen atoms in total. The second-order valence-corrected chi connectivity index (χ2v) is 5.98. The first-order chi connectivity index (χ1) is 9.04. The molecule has 0 aliphatic rings. The maximum atomic E-state index is 5.29. The molecule has 0 aliphatic carbocycles. The molecule has 1 rings (SSSR count). The molecular formula is C15H25BrN2O. The zero-order chi connectivity index (χ0) is 14.4. The molecule has 0 aromatic heterocycles. The molecule has 0 amide bonds. The smallest absolute Gasteiger partial charge is 0.133 e. The fraction of sp³-hybridized carbons (Fsp3) is 0.600. The van der Waals surface area contributed by atoms with Gasteiger partial charge in [0, 0.05) is 6.04 Å². The summed E-state index contributed by atoms with van der Waals surface area (Å²) >= 11 is 3.56. The van der Waals surface area contributed by atoms with Gasteiger partial charge in [-0.1, -0.05) is 19.9 Å². The molecule has 0 radical (unpaired) electrons. The maximum Gasteiger partial charge on any atom is 0.133 e. The fourth-order valence-corrected chi connectivity index (χ4v) is 3.04. The van der Waals surface area contributed by atoms with Crippen molar-refractivity contribution in [3.63, 3.8) is 0 Å². The average molecular weight is 329 g/mol. The van der Waals surface area contributed by atoms with Crippen molar-refractivity contribution in [2.75, 3.05) is 27.7 Å². The van der Waals surface area contributed by atoms with E-state index in [1.54, 1.807) is 7.11 Å². The summed E-state index contributed by atoms with van der Waals surface area (Å²) in [7, 11) is 5.72. The lowest BCUT2D eigenvalue weighted by Crippen LogP contribution is -2.35. The SMILES string of the molecule is CNCC(C(C)C)C(NC)c1ccc(OC)c(Br)c1. The van der Waals surface area contributed by atoms with Gasteiger partial charge in [-0.15, -0.1) is 0 Å². The number of halogens is 1. The van der Waals surface area contributed by atoms with Gasteiger partial charge in [0.15, 0.2) is 0 Å². The van der Waals surface area contributed by atoms with Crippen LogP contribution in [0.2, 0.25) is 0 Å². The van der Waals surface area contributed by atoms with Gasteiger partial charge in [-0.3, -0.25) is 0 Å². The summed E-state index contributed by atoms with van der Waals surface area (Å²) in [4.78, 5) is 0. The summed E-state index contributed by atoms with van der Waals surface area (Å²) < 4.78 is 6.29. The van der Waals surface area contributed by atoms with Crippen molar-refractivity contribution >= 4 is 15.9 Å². The Morgan fingerprint density at radius 2 is 1.95 bits per heavy atom. The van der Waals surface area contributed by atoms with Crippen molar-refractivity contribution in [3.8, 4) is 5.75 Å². The normalized spacial score (nSPS) is 14.5. The Labute approximate surface area is 125 Å². The average Bonchev–Trinajstić information content (AvgIpc) is 2.38. The van der Waals surface area contributed by atoms with E-state index >= 15 is 0 Å². The molecule has 2 N–H and O–H groups in total. The molecule has 108 valence electrons. The maximum absolute atomic E-state index is 5.29. The largest absolute Gasteiger partial charge is 0.496 e. The molecule has 0 spiro atoms. The lowest BCUT2D eigenvalue weighted by Gasteiger charge is -2.30. The Morgan fingerprint density at radius 1 is 1.26 bits per heavy atom. The number of benzene rings is 1. The zero-order valence-corrected chi connectivity index (χ0v) is 14.0. The van der Waals surface area contributed by atoms with Gasteiger partial charge in [-0.2, -0.15) is 0 Å². The fourth-order valence-electron chi connectivity index (χ4n) is 2.48. The van der Waals surface area contributed by atoms with Crippen LogP contribution in [0, 0.1) is 11.8 Å². The van der Waals surface area contributed by atoms with E-state index in [1.807, 2.05) is 20.2 Å². The van der Waals surface area contributed by atoms with Crippen LogP contribution in [0.1, 0.15) is 25.5 Å². The quantitative estimate of drug-likeness (QED) is 0.806. The molecule has 1 aromatic rings. The second kappa shape index (κ2) is 7.88. The van der Waals surface area contributed by atoms with E-state index in [-0.39, 0.29) is 0 Å². The predicted molar refractivity (Wildman–Crippen MR) is 84.7 cm³/mol. The number of hydrogen-bond acceptors (Lipinski definition) is 3. The summed E-state index contributed by atoms with van der Waals surface area (Å²) in [5.41, 5.74) is 1.28. The molecule has 0 saturated carbocycles. The number of hydrogen-bond donors (Lipinski definition) is 2. The van der Waals surface area contributed by atoms with Crippen molar-refractivity contribution < 1.29 is 4.74 Å². The highest BCUT2D eigenvalue weighted by atomic mass is 79.9. The van der Waals surface area contributed by atoms with Gasteiger partial charge in [-0.05, 0) is 66.1 Å². The molecule has 1 aromatic carbocycles. The van der Waals surface area contributed by atoms with Gasteiger partial charge in [0.2, 0.25) is 0 Å². The van der Waals surface area contributed by atoms with E-state index in [2.05, 4.69) is 52.5 Å². The lowest BCUT2D eigenvalue weighted by molar-refractivity contribution is 0.284. The standard InChI is InChI=1S/C15H25BrN2O/c1-10(2)12(9-17-3)15(18-4)11-6-7-14(19-5)13(16)8-11/h6-8,10,12,15,17-18H,9H2,1-5H3. The molecule has 2 unspecified atom stereocenters. The molecule has 0 heterocycles. The summed E-state index contributed by atoms with van der Waals surface area (Å²) in [5.74, 6) is 2.01. The Balaban J connectivity index is 3.04. The third kappa shape index (κ3) is 4.20. The Morgan fingerprint density at radius 3 is 2.37 bits per heavy atom. The van der Waals surface area contributed by atoms with E-state index in [9.17, 15) is 0 Å². The number of methoxy groups -OCH3 is 1. The van der Waals surface area contributed by atoms with Crippen LogP contribution in [0.3, 0.4) is 0 Å². The van der Waals surface area contributed by atoms with Gasteiger partial charge in [0.25, 0.3) is 0 Å². The third-order valence-electron chi connectivity index (χ3n) is 3.57. The highest BCUT2D eigenvalue weighted by Crippen LogP contribution is 2.32. The van der Waals surface area contributed by atoms with Gasteiger partial charge in [-0.25, -0.2) is 0 Å². The summed E-state index contributed by atoms with van der Waals surface area (Å²) in [6.45, 7) is 5.53. The number of rotatable bonds is 7. The van der Waals surface area contributed by atoms with Crippen molar-refractivity contribution in [1.82, 2.24) is 10.6 Å². The van der Waals surface area contributed by atoms with Crippen LogP contribution >= 0.6 is 15.9 Å². The predicted octanol–water partition coefficient (Wildman–Crippen LogP) is 3.21. The summed E-state index contributed by atoms with van der Waals surface area (Å²) in [6, 6.07) is 6.62. The number of nitrogens with one attached hydrogen (secondary N) is 2. The van der Waals surface area contributed by atoms with Gasteiger partial charge < -0.3 is 15.4 Å². The monoisotopic (exact) mass is 328 g/mol. The summed E-state index contributed by atoms with van der Waals surface area (Å²) in [5, 5.41) is 6.74. The van der Waals surface area contributed by atoms with Crippen LogP contribution in [0.15, 0.2) is 22.7 Å². The molecule has 19 heavy (non-hydrogen) atoms. The van der Waals surface area contributed by atoms with E-state index in [4.69, 9.17) is 4.74 Å². The first-order valence-corrected chi connectivity index (χ1v) is 7.49. The van der Waals surface area contributed by atoms with Gasteiger partial charge in [0.1, 0.15) is 5.75 Å². The molecule has 4 heteroatoms. The van der Waals surface area contributed by atoms with Crippen LogP contribution in [0.5, 0.6) is 5.75 Å². The van der Waals surface area contributed by atoms with E-state index in [0.29, 0.717) is 17.9 Å². The van der Waals surface area contributed by atoms with Crippen LogP contribution in [-0.4, -0.2) is 27.7 Å². The summed E-state index contributed by atoms with van der Waals surface area (Å²) in [6.07, 6.45) is 0. The Hall–Kier alpha value is -0.580. The van der Waals surface area contributed by atoms with Gasteiger partial charge >= 0.3 is 0 Å². The van der Waals surface area contributed by atoms with Crippen molar-refractivity contribution in [1.29, 1.82) is 0 Å². The van der Waals surface area contributed by atoms with Crippen LogP contribution in [0.4, 0.5) is 0 Å². The second-order valence-electron chi connectivity index (χ2n) is 5.13. The molecule has 0 aliphatic heterocycles. The molecule has 0 saturated heterocycles. The molecule has 0 fully saturated rings. The first kappa shape index (κ1) is 16.5. The molecule has 0 bridgehead atoms. The first-order valence-electron chi connectivity index (χ1n) is 6.70. The minimum atomic E-state index is 0.328. The van der Waals surface area contributed by atoms with Crippen LogP contribution in [0.25, 0.3) is 0 Å². The van der Waals surface area contributed by atoms with Crippen LogP contribution in [-0.2, 0) is 0 Å². The minimum absolute atomic E-state index is 0.328. The van der Waals surface area contributed by atoms with Crippen molar-refractivity contribution in [2.24, 2.45) is 11.8 Å². The van der Waals surface area contributed by atoms with Gasteiger partial charge in [0.05, 0.1) is 11.6 Å². The highest BCUT2D eigenvalue weighted by Gasteiger charge is 2.24. The molecular weight excluding hydrogens is 304 g/mol. The minimum Gasteiger partial charge on any atom is -0.496 e. The Kier molecular flexibility index (Phi) is 6.83. The van der Waals surface area contributed by atoms with E-state index < -0.39 is 0 Å². The number of ether oxygens (including phenoxy) is 1. The zero-order valence-electron chi connectivity index (χ0n) is 12.5. The van der Waals surface area contributed by atoms with Crippen molar-refractivity contribution in [2.45, 2.75) is 19.9 Å². The van der Waals surface area contributed by atoms with Crippen molar-refractivity contribution in [3.05, 3.63) is 28.2 Å². The van der Waals surface area contributed by atoms with E-state index in [1.165, 1.54) is 5.56 Å². The molecule has 2 atom stereocenters. The highest BCUT2D eigenvalue weighted by molar-refractivity contribution is 9.10. The third-order valence-corrected chi connectivity index (χ3v) is 4.19. The lowest BCUT2D eigenvalue weighted by atomic mass is 9.84.